The molecule has 1 fully saturated rings. The Morgan fingerprint density at radius 1 is 1.09 bits per heavy atom. The molecule has 1 aliphatic rings. The minimum Gasteiger partial charge on any atom is -0.378 e. The van der Waals surface area contributed by atoms with Crippen molar-refractivity contribution in [2.45, 2.75) is 20.3 Å². The summed E-state index contributed by atoms with van der Waals surface area (Å²) in [6, 6.07) is 8.58. The first-order chi connectivity index (χ1) is 10.7. The molecule has 1 aromatic carbocycles. The molecule has 0 atom stereocenters. The van der Waals surface area contributed by atoms with Gasteiger partial charge in [0.25, 0.3) is 0 Å². The Hall–Kier alpha value is -1.94. The van der Waals surface area contributed by atoms with E-state index in [0.717, 1.165) is 44.1 Å². The summed E-state index contributed by atoms with van der Waals surface area (Å²) in [4.78, 5) is 11.2. The second-order valence-electron chi connectivity index (χ2n) is 6.16. The van der Waals surface area contributed by atoms with Crippen LogP contribution in [0.25, 0.3) is 11.4 Å². The smallest absolute Gasteiger partial charge is 0.159 e. The molecule has 0 bridgehead atoms. The van der Waals surface area contributed by atoms with Crippen molar-refractivity contribution in [3.05, 3.63) is 42.2 Å². The second kappa shape index (κ2) is 6.88. The summed E-state index contributed by atoms with van der Waals surface area (Å²) in [7, 11) is 0. The van der Waals surface area contributed by atoms with E-state index >= 15 is 0 Å². The van der Waals surface area contributed by atoms with Crippen molar-refractivity contribution in [3.63, 3.8) is 0 Å². The fourth-order valence-electron chi connectivity index (χ4n) is 2.84. The zero-order valence-corrected chi connectivity index (χ0v) is 13.3. The van der Waals surface area contributed by atoms with E-state index < -0.39 is 0 Å². The van der Waals surface area contributed by atoms with Crippen molar-refractivity contribution in [2.75, 3.05) is 31.2 Å². The average Bonchev–Trinajstić information content (AvgIpc) is 2.55. The number of ether oxygens (including phenoxy) is 1. The summed E-state index contributed by atoms with van der Waals surface area (Å²) in [6.07, 6.45) is 4.66. The van der Waals surface area contributed by atoms with Gasteiger partial charge < -0.3 is 9.64 Å². The monoisotopic (exact) mass is 297 g/mol. The Morgan fingerprint density at radius 2 is 1.82 bits per heavy atom. The van der Waals surface area contributed by atoms with Crippen LogP contribution in [0.2, 0.25) is 0 Å². The maximum absolute atomic E-state index is 5.46. The molecule has 4 nitrogen and oxygen atoms in total. The Labute approximate surface area is 132 Å². The summed E-state index contributed by atoms with van der Waals surface area (Å²) in [5.41, 5.74) is 3.70. The van der Waals surface area contributed by atoms with E-state index in [1.807, 2.05) is 6.07 Å². The minimum absolute atomic E-state index is 0.629. The summed E-state index contributed by atoms with van der Waals surface area (Å²) in [6.45, 7) is 7.98. The number of aromatic nitrogens is 2. The molecule has 0 radical (unpaired) electrons. The van der Waals surface area contributed by atoms with Gasteiger partial charge in [-0.1, -0.05) is 13.8 Å². The van der Waals surface area contributed by atoms with Gasteiger partial charge in [0.2, 0.25) is 0 Å². The maximum atomic E-state index is 5.46. The lowest BCUT2D eigenvalue weighted by Gasteiger charge is -2.29. The van der Waals surface area contributed by atoms with Crippen LogP contribution >= 0.6 is 0 Å². The Bertz CT molecular complexity index is 607. The van der Waals surface area contributed by atoms with Crippen molar-refractivity contribution in [1.82, 2.24) is 9.97 Å². The standard InChI is InChI=1S/C18H23N3O/c1-14(2)10-15-11-16(18-19-4-3-5-20-18)13-17(12-15)21-6-8-22-9-7-21/h3-5,11-14H,6-10H2,1-2H3. The van der Waals surface area contributed by atoms with Crippen molar-refractivity contribution < 1.29 is 4.74 Å². The van der Waals surface area contributed by atoms with Crippen LogP contribution in [0.5, 0.6) is 0 Å². The lowest BCUT2D eigenvalue weighted by molar-refractivity contribution is 0.122. The highest BCUT2D eigenvalue weighted by Crippen LogP contribution is 2.26. The molecule has 116 valence electrons. The van der Waals surface area contributed by atoms with Gasteiger partial charge in [-0.05, 0) is 42.2 Å². The van der Waals surface area contributed by atoms with Crippen molar-refractivity contribution in [1.29, 1.82) is 0 Å². The van der Waals surface area contributed by atoms with Gasteiger partial charge in [0.05, 0.1) is 13.2 Å². The number of morpholine rings is 1. The molecule has 0 spiro atoms. The number of rotatable bonds is 4. The van der Waals surface area contributed by atoms with Gasteiger partial charge in [0, 0.05) is 36.7 Å². The molecule has 0 amide bonds. The predicted octanol–water partition coefficient (Wildman–Crippen LogP) is 3.18. The summed E-state index contributed by atoms with van der Waals surface area (Å²) in [5.74, 6) is 1.42. The molecular formula is C18H23N3O. The lowest BCUT2D eigenvalue weighted by Crippen LogP contribution is -2.36. The lowest BCUT2D eigenvalue weighted by atomic mass is 9.99. The molecule has 2 heterocycles. The molecule has 22 heavy (non-hydrogen) atoms. The third-order valence-corrected chi connectivity index (χ3v) is 3.82. The van der Waals surface area contributed by atoms with Crippen molar-refractivity contribution in [2.24, 2.45) is 5.92 Å². The zero-order chi connectivity index (χ0) is 15.4. The highest BCUT2D eigenvalue weighted by atomic mass is 16.5. The van der Waals surface area contributed by atoms with Gasteiger partial charge in [-0.25, -0.2) is 9.97 Å². The Balaban J connectivity index is 1.97. The molecule has 0 N–H and O–H groups in total. The van der Waals surface area contributed by atoms with Gasteiger partial charge in [-0.3, -0.25) is 0 Å². The van der Waals surface area contributed by atoms with E-state index in [9.17, 15) is 0 Å². The molecule has 2 aromatic rings. The van der Waals surface area contributed by atoms with Crippen LogP contribution in [0.1, 0.15) is 19.4 Å². The number of nitrogens with zero attached hydrogens (tertiary/aromatic N) is 3. The highest BCUT2D eigenvalue weighted by Gasteiger charge is 2.14. The molecule has 1 aromatic heterocycles. The fourth-order valence-corrected chi connectivity index (χ4v) is 2.84. The molecule has 0 saturated carbocycles. The van der Waals surface area contributed by atoms with E-state index in [1.165, 1.54) is 11.3 Å². The van der Waals surface area contributed by atoms with Gasteiger partial charge in [0.1, 0.15) is 0 Å². The van der Waals surface area contributed by atoms with E-state index in [2.05, 4.69) is 46.9 Å². The van der Waals surface area contributed by atoms with Gasteiger partial charge in [-0.2, -0.15) is 0 Å². The second-order valence-corrected chi connectivity index (χ2v) is 6.16. The minimum atomic E-state index is 0.629. The summed E-state index contributed by atoms with van der Waals surface area (Å²) < 4.78 is 5.46. The van der Waals surface area contributed by atoms with Crippen molar-refractivity contribution >= 4 is 5.69 Å². The summed E-state index contributed by atoms with van der Waals surface area (Å²) >= 11 is 0. The van der Waals surface area contributed by atoms with E-state index in [-0.39, 0.29) is 0 Å². The normalized spacial score (nSPS) is 15.3. The molecule has 3 rings (SSSR count). The van der Waals surface area contributed by atoms with Crippen LogP contribution in [0.15, 0.2) is 36.7 Å². The van der Waals surface area contributed by atoms with Crippen LogP contribution in [-0.4, -0.2) is 36.3 Å². The number of anilines is 1. The zero-order valence-electron chi connectivity index (χ0n) is 13.3. The van der Waals surface area contributed by atoms with E-state index in [4.69, 9.17) is 4.74 Å². The molecule has 1 aliphatic heterocycles. The first-order valence-corrected chi connectivity index (χ1v) is 7.96. The van der Waals surface area contributed by atoms with E-state index in [1.54, 1.807) is 12.4 Å². The van der Waals surface area contributed by atoms with Crippen molar-refractivity contribution in [3.8, 4) is 11.4 Å². The Morgan fingerprint density at radius 3 is 2.50 bits per heavy atom. The Kier molecular flexibility index (Phi) is 4.68. The maximum Gasteiger partial charge on any atom is 0.159 e. The van der Waals surface area contributed by atoms with Gasteiger partial charge >= 0.3 is 0 Å². The quantitative estimate of drug-likeness (QED) is 0.869. The molecule has 0 unspecified atom stereocenters. The van der Waals surface area contributed by atoms with Crippen LogP contribution in [0, 0.1) is 5.92 Å². The van der Waals surface area contributed by atoms with Crippen LogP contribution in [0.4, 0.5) is 5.69 Å². The predicted molar refractivity (Wildman–Crippen MR) is 89.0 cm³/mol. The first-order valence-electron chi connectivity index (χ1n) is 7.96. The van der Waals surface area contributed by atoms with Gasteiger partial charge in [0.15, 0.2) is 5.82 Å². The highest BCUT2D eigenvalue weighted by molar-refractivity contribution is 5.65. The molecule has 0 aliphatic carbocycles. The average molecular weight is 297 g/mol. The fraction of sp³-hybridized carbons (Fsp3) is 0.444. The number of hydrogen-bond donors (Lipinski definition) is 0. The summed E-state index contributed by atoms with van der Waals surface area (Å²) in [5, 5.41) is 0. The van der Waals surface area contributed by atoms with E-state index in [0.29, 0.717) is 5.92 Å². The SMILES string of the molecule is CC(C)Cc1cc(-c2ncccn2)cc(N2CCOCC2)c1. The number of hydrogen-bond acceptors (Lipinski definition) is 4. The largest absolute Gasteiger partial charge is 0.378 e. The van der Waals surface area contributed by atoms with Crippen LogP contribution < -0.4 is 4.90 Å². The molecule has 1 saturated heterocycles. The molecule has 4 heteroatoms. The third kappa shape index (κ3) is 3.63. The van der Waals surface area contributed by atoms with Crippen LogP contribution in [0.3, 0.4) is 0 Å². The van der Waals surface area contributed by atoms with Gasteiger partial charge in [-0.15, -0.1) is 0 Å². The third-order valence-electron chi connectivity index (χ3n) is 3.82. The molecular weight excluding hydrogens is 274 g/mol. The topological polar surface area (TPSA) is 38.2 Å². The number of benzene rings is 1. The van der Waals surface area contributed by atoms with Crippen LogP contribution in [-0.2, 0) is 11.2 Å². The first kappa shape index (κ1) is 15.0.